The van der Waals surface area contributed by atoms with Gasteiger partial charge in [0.1, 0.15) is 0 Å². The summed E-state index contributed by atoms with van der Waals surface area (Å²) in [5.74, 6) is 1.49. The lowest BCUT2D eigenvalue weighted by molar-refractivity contribution is -0.0805. The maximum atomic E-state index is 9.97. The normalized spacial score (nSPS) is 48.0. The first-order chi connectivity index (χ1) is 8.06. The van der Waals surface area contributed by atoms with Crippen LogP contribution in [0.3, 0.4) is 0 Å². The van der Waals surface area contributed by atoms with E-state index in [-0.39, 0.29) is 5.92 Å². The zero-order chi connectivity index (χ0) is 12.4. The molecule has 0 heterocycles. The molecule has 0 aromatic carbocycles. The van der Waals surface area contributed by atoms with Crippen molar-refractivity contribution in [3.8, 4) is 0 Å². The van der Waals surface area contributed by atoms with E-state index in [2.05, 4.69) is 6.92 Å². The zero-order valence-corrected chi connectivity index (χ0v) is 10.8. The van der Waals surface area contributed by atoms with Gasteiger partial charge >= 0.3 is 0 Å². The summed E-state index contributed by atoms with van der Waals surface area (Å²) in [7, 11) is 0. The molecule has 2 rings (SSSR count). The SMILES string of the molecule is CC1CCC(CC2C(O)CC(O)CC2O)CC1. The first-order valence-corrected chi connectivity index (χ1v) is 7.10. The molecule has 2 atom stereocenters. The monoisotopic (exact) mass is 242 g/mol. The number of aliphatic hydroxyl groups excluding tert-OH is 3. The zero-order valence-electron chi connectivity index (χ0n) is 10.8. The molecule has 0 aromatic rings. The van der Waals surface area contributed by atoms with Crippen LogP contribution in [0.4, 0.5) is 0 Å². The molecular formula is C14H26O3. The molecule has 2 saturated carbocycles. The molecule has 0 bridgehead atoms. The Balaban J connectivity index is 1.85. The fourth-order valence-electron chi connectivity index (χ4n) is 3.52. The van der Waals surface area contributed by atoms with Crippen LogP contribution in [0.5, 0.6) is 0 Å². The minimum atomic E-state index is -0.525. The van der Waals surface area contributed by atoms with Crippen molar-refractivity contribution in [3.05, 3.63) is 0 Å². The molecule has 0 spiro atoms. The third-order valence-corrected chi connectivity index (χ3v) is 4.76. The first kappa shape index (κ1) is 13.3. The van der Waals surface area contributed by atoms with Crippen LogP contribution in [0.25, 0.3) is 0 Å². The number of hydrogen-bond donors (Lipinski definition) is 3. The molecule has 0 radical (unpaired) electrons. The van der Waals surface area contributed by atoms with Crippen molar-refractivity contribution < 1.29 is 15.3 Å². The van der Waals surface area contributed by atoms with Gasteiger partial charge in [0.2, 0.25) is 0 Å². The van der Waals surface area contributed by atoms with E-state index >= 15 is 0 Å². The van der Waals surface area contributed by atoms with E-state index in [1.807, 2.05) is 0 Å². The van der Waals surface area contributed by atoms with Gasteiger partial charge in [-0.25, -0.2) is 0 Å². The highest BCUT2D eigenvalue weighted by Crippen LogP contribution is 2.37. The molecule has 2 unspecified atom stereocenters. The molecule has 0 saturated heterocycles. The molecule has 3 N–H and O–H groups in total. The Bertz CT molecular complexity index is 224. The van der Waals surface area contributed by atoms with Crippen LogP contribution in [-0.2, 0) is 0 Å². The van der Waals surface area contributed by atoms with Gasteiger partial charge < -0.3 is 15.3 Å². The highest BCUT2D eigenvalue weighted by molar-refractivity contribution is 4.88. The number of rotatable bonds is 2. The predicted octanol–water partition coefficient (Wildman–Crippen LogP) is 1.70. The van der Waals surface area contributed by atoms with Gasteiger partial charge in [-0.05, 0) is 31.1 Å². The second-order valence-corrected chi connectivity index (χ2v) is 6.29. The van der Waals surface area contributed by atoms with Gasteiger partial charge in [-0.2, -0.15) is 0 Å². The molecule has 2 aliphatic rings. The van der Waals surface area contributed by atoms with Crippen molar-refractivity contribution in [2.75, 3.05) is 0 Å². The Morgan fingerprint density at radius 3 is 1.94 bits per heavy atom. The molecule has 2 fully saturated rings. The van der Waals surface area contributed by atoms with Gasteiger partial charge in [0.25, 0.3) is 0 Å². The van der Waals surface area contributed by atoms with Gasteiger partial charge in [-0.3, -0.25) is 0 Å². The van der Waals surface area contributed by atoms with E-state index in [4.69, 9.17) is 0 Å². The summed E-state index contributed by atoms with van der Waals surface area (Å²) >= 11 is 0. The minimum Gasteiger partial charge on any atom is -0.393 e. The van der Waals surface area contributed by atoms with E-state index in [1.54, 1.807) is 0 Å². The molecule has 3 nitrogen and oxygen atoms in total. The van der Waals surface area contributed by atoms with Gasteiger partial charge in [0.05, 0.1) is 18.3 Å². The summed E-state index contributed by atoms with van der Waals surface area (Å²) in [6.45, 7) is 2.30. The maximum Gasteiger partial charge on any atom is 0.0617 e. The van der Waals surface area contributed by atoms with Gasteiger partial charge in [-0.15, -0.1) is 0 Å². The van der Waals surface area contributed by atoms with Crippen LogP contribution < -0.4 is 0 Å². The third-order valence-electron chi connectivity index (χ3n) is 4.76. The van der Waals surface area contributed by atoms with E-state index in [9.17, 15) is 15.3 Å². The Morgan fingerprint density at radius 1 is 0.882 bits per heavy atom. The van der Waals surface area contributed by atoms with Crippen molar-refractivity contribution in [2.45, 2.75) is 70.2 Å². The Hall–Kier alpha value is -0.120. The van der Waals surface area contributed by atoms with Crippen molar-refractivity contribution in [1.82, 2.24) is 0 Å². The fraction of sp³-hybridized carbons (Fsp3) is 1.00. The predicted molar refractivity (Wildman–Crippen MR) is 66.5 cm³/mol. The highest BCUT2D eigenvalue weighted by atomic mass is 16.3. The van der Waals surface area contributed by atoms with Crippen LogP contribution in [0.2, 0.25) is 0 Å². The summed E-state index contributed by atoms with van der Waals surface area (Å²) in [6, 6.07) is 0. The van der Waals surface area contributed by atoms with Gasteiger partial charge in [0.15, 0.2) is 0 Å². The Morgan fingerprint density at radius 2 is 1.41 bits per heavy atom. The summed E-state index contributed by atoms with van der Waals surface area (Å²) in [4.78, 5) is 0. The molecule has 2 aliphatic carbocycles. The van der Waals surface area contributed by atoms with Gasteiger partial charge in [-0.1, -0.05) is 32.6 Å². The second-order valence-electron chi connectivity index (χ2n) is 6.29. The van der Waals surface area contributed by atoms with Crippen LogP contribution in [0.15, 0.2) is 0 Å². The van der Waals surface area contributed by atoms with E-state index in [0.29, 0.717) is 18.8 Å². The standard InChI is InChI=1S/C14H26O3/c1-9-2-4-10(5-3-9)6-12-13(16)7-11(15)8-14(12)17/h9-17H,2-8H2,1H3. The van der Waals surface area contributed by atoms with Crippen molar-refractivity contribution >= 4 is 0 Å². The molecule has 3 heteroatoms. The molecule has 0 aliphatic heterocycles. The lowest BCUT2D eigenvalue weighted by atomic mass is 9.73. The van der Waals surface area contributed by atoms with Crippen molar-refractivity contribution in [1.29, 1.82) is 0 Å². The lowest BCUT2D eigenvalue weighted by Crippen LogP contribution is -2.43. The van der Waals surface area contributed by atoms with E-state index in [0.717, 1.165) is 12.3 Å². The first-order valence-electron chi connectivity index (χ1n) is 7.10. The second kappa shape index (κ2) is 5.68. The number of aliphatic hydroxyl groups is 3. The summed E-state index contributed by atoms with van der Waals surface area (Å²) in [6.07, 6.45) is 5.28. The minimum absolute atomic E-state index is 0.0168. The number of hydrogen-bond acceptors (Lipinski definition) is 3. The van der Waals surface area contributed by atoms with Crippen LogP contribution >= 0.6 is 0 Å². The van der Waals surface area contributed by atoms with Crippen LogP contribution in [-0.4, -0.2) is 33.6 Å². The van der Waals surface area contributed by atoms with E-state index in [1.165, 1.54) is 25.7 Å². The average molecular weight is 242 g/mol. The topological polar surface area (TPSA) is 60.7 Å². The smallest absolute Gasteiger partial charge is 0.0617 e. The largest absolute Gasteiger partial charge is 0.393 e. The molecular weight excluding hydrogens is 216 g/mol. The highest BCUT2D eigenvalue weighted by Gasteiger charge is 2.36. The molecule has 17 heavy (non-hydrogen) atoms. The Kier molecular flexibility index (Phi) is 4.45. The lowest BCUT2D eigenvalue weighted by Gasteiger charge is -2.38. The molecule has 0 amide bonds. The molecule has 100 valence electrons. The van der Waals surface area contributed by atoms with Crippen molar-refractivity contribution in [3.63, 3.8) is 0 Å². The summed E-state index contributed by atoms with van der Waals surface area (Å²) in [5.41, 5.74) is 0. The molecule has 0 aromatic heterocycles. The Labute approximate surface area is 104 Å². The summed E-state index contributed by atoms with van der Waals surface area (Å²) in [5, 5.41) is 29.4. The average Bonchev–Trinajstić information content (AvgIpc) is 2.26. The van der Waals surface area contributed by atoms with Crippen LogP contribution in [0, 0.1) is 17.8 Å². The third kappa shape index (κ3) is 3.43. The van der Waals surface area contributed by atoms with Crippen molar-refractivity contribution in [2.24, 2.45) is 17.8 Å². The maximum absolute atomic E-state index is 9.97. The van der Waals surface area contributed by atoms with E-state index < -0.39 is 18.3 Å². The summed E-state index contributed by atoms with van der Waals surface area (Å²) < 4.78 is 0. The van der Waals surface area contributed by atoms with Crippen LogP contribution in [0.1, 0.15) is 51.9 Å². The fourth-order valence-corrected chi connectivity index (χ4v) is 3.52. The quantitative estimate of drug-likeness (QED) is 0.690. The van der Waals surface area contributed by atoms with Gasteiger partial charge in [0, 0.05) is 5.92 Å².